The molecule has 0 spiro atoms. The van der Waals surface area contributed by atoms with Crippen molar-refractivity contribution in [2.24, 2.45) is 0 Å². The Bertz CT molecular complexity index is 1090. The number of carbonyl (C=O) groups excluding carboxylic acids is 1. The Morgan fingerprint density at radius 1 is 1.00 bits per heavy atom. The van der Waals surface area contributed by atoms with E-state index in [0.29, 0.717) is 25.7 Å². The lowest BCUT2D eigenvalue weighted by atomic mass is 9.97. The summed E-state index contributed by atoms with van der Waals surface area (Å²) in [5.41, 5.74) is 8.85. The number of rotatable bonds is 5. The summed E-state index contributed by atoms with van der Waals surface area (Å²) in [5.74, 6) is 0.0967. The first-order valence-electron chi connectivity index (χ1n) is 11.5. The zero-order valence-electron chi connectivity index (χ0n) is 18.8. The number of hydrogen-bond donors (Lipinski definition) is 1. The van der Waals surface area contributed by atoms with Crippen molar-refractivity contribution in [1.29, 1.82) is 0 Å². The molecule has 0 atom stereocenters. The van der Waals surface area contributed by atoms with Crippen LogP contribution in [0.25, 0.3) is 11.1 Å². The molecule has 1 aliphatic carbocycles. The van der Waals surface area contributed by atoms with Crippen LogP contribution in [0.1, 0.15) is 47.6 Å². The van der Waals surface area contributed by atoms with Gasteiger partial charge in [0.25, 0.3) is 0 Å². The fourth-order valence-electron chi connectivity index (χ4n) is 4.88. The van der Waals surface area contributed by atoms with E-state index in [-0.39, 0.29) is 12.0 Å². The number of ether oxygens (including phenoxy) is 1. The van der Waals surface area contributed by atoms with Gasteiger partial charge in [0.2, 0.25) is 0 Å². The van der Waals surface area contributed by atoms with Gasteiger partial charge in [0.05, 0.1) is 0 Å². The summed E-state index contributed by atoms with van der Waals surface area (Å²) < 4.78 is 5.86. The quantitative estimate of drug-likeness (QED) is 0.586. The summed E-state index contributed by atoms with van der Waals surface area (Å²) in [7, 11) is 0. The molecule has 0 aromatic heterocycles. The number of amides is 1. The summed E-state index contributed by atoms with van der Waals surface area (Å²) in [4.78, 5) is 14.8. The van der Waals surface area contributed by atoms with Gasteiger partial charge < -0.3 is 15.0 Å². The van der Waals surface area contributed by atoms with Gasteiger partial charge in [-0.3, -0.25) is 0 Å². The Morgan fingerprint density at radius 2 is 1.69 bits per heavy atom. The molecular weight excluding hydrogens is 396 g/mol. The fourth-order valence-corrected chi connectivity index (χ4v) is 4.88. The van der Waals surface area contributed by atoms with Crippen LogP contribution in [0.5, 0.6) is 0 Å². The summed E-state index contributed by atoms with van der Waals surface area (Å²) in [6, 6.07) is 23.9. The summed E-state index contributed by atoms with van der Waals surface area (Å²) in [5, 5.41) is 3.47. The summed E-state index contributed by atoms with van der Waals surface area (Å²) in [6.07, 6.45) is 0.651. The lowest BCUT2D eigenvalue weighted by Crippen LogP contribution is -2.37. The van der Waals surface area contributed by atoms with Crippen molar-refractivity contribution >= 4 is 6.09 Å². The Morgan fingerprint density at radius 3 is 2.38 bits per heavy atom. The largest absolute Gasteiger partial charge is 0.448 e. The highest BCUT2D eigenvalue weighted by atomic mass is 16.6. The minimum atomic E-state index is -0.219. The molecule has 1 heterocycles. The predicted octanol–water partition coefficient (Wildman–Crippen LogP) is 5.49. The lowest BCUT2D eigenvalue weighted by molar-refractivity contribution is 0.0953. The number of benzene rings is 3. The van der Waals surface area contributed by atoms with Crippen molar-refractivity contribution in [3.63, 3.8) is 0 Å². The number of nitrogens with zero attached hydrogens (tertiary/aromatic N) is 1. The molecule has 3 aromatic rings. The second-order valence-electron chi connectivity index (χ2n) is 9.11. The van der Waals surface area contributed by atoms with E-state index in [1.54, 1.807) is 0 Å². The van der Waals surface area contributed by atoms with E-state index in [1.807, 2.05) is 4.90 Å². The maximum atomic E-state index is 12.9. The van der Waals surface area contributed by atoms with Gasteiger partial charge in [-0.1, -0.05) is 80.6 Å². The summed E-state index contributed by atoms with van der Waals surface area (Å²) >= 11 is 0. The van der Waals surface area contributed by atoms with Crippen LogP contribution in [-0.4, -0.2) is 30.2 Å². The van der Waals surface area contributed by atoms with Crippen LogP contribution in [0, 0.1) is 0 Å². The molecule has 0 bridgehead atoms. The maximum Gasteiger partial charge on any atom is 0.410 e. The van der Waals surface area contributed by atoms with Crippen molar-refractivity contribution in [3.05, 3.63) is 94.5 Å². The number of carbonyl (C=O) groups is 1. The average molecular weight is 427 g/mol. The first-order chi connectivity index (χ1) is 15.6. The van der Waals surface area contributed by atoms with Crippen LogP contribution in [-0.2, 0) is 24.2 Å². The molecule has 0 fully saturated rings. The molecular formula is C28H30N2O2. The van der Waals surface area contributed by atoms with Crippen molar-refractivity contribution in [1.82, 2.24) is 10.2 Å². The average Bonchev–Trinajstić information content (AvgIpc) is 3.14. The third-order valence-electron chi connectivity index (χ3n) is 6.59. The normalized spacial score (nSPS) is 14.8. The third-order valence-corrected chi connectivity index (χ3v) is 6.59. The Hall–Kier alpha value is -3.11. The van der Waals surface area contributed by atoms with E-state index in [2.05, 4.69) is 85.9 Å². The first kappa shape index (κ1) is 20.8. The minimum Gasteiger partial charge on any atom is -0.448 e. The topological polar surface area (TPSA) is 41.6 Å². The number of nitrogens with one attached hydrogen (secondary N) is 1. The second kappa shape index (κ2) is 8.79. The molecule has 0 unspecified atom stereocenters. The van der Waals surface area contributed by atoms with Gasteiger partial charge in [0, 0.05) is 31.6 Å². The highest BCUT2D eigenvalue weighted by molar-refractivity contribution is 5.79. The van der Waals surface area contributed by atoms with Gasteiger partial charge in [-0.2, -0.15) is 0 Å². The molecule has 4 nitrogen and oxygen atoms in total. The van der Waals surface area contributed by atoms with Crippen molar-refractivity contribution in [2.45, 2.75) is 45.3 Å². The zero-order valence-corrected chi connectivity index (χ0v) is 18.8. The van der Waals surface area contributed by atoms with Crippen LogP contribution in [0.3, 0.4) is 0 Å². The first-order valence-corrected chi connectivity index (χ1v) is 11.5. The van der Waals surface area contributed by atoms with Gasteiger partial charge in [0.1, 0.15) is 6.61 Å². The highest BCUT2D eigenvalue weighted by Gasteiger charge is 2.30. The van der Waals surface area contributed by atoms with Crippen LogP contribution in [0.2, 0.25) is 0 Å². The molecule has 164 valence electrons. The van der Waals surface area contributed by atoms with Gasteiger partial charge in [0.15, 0.2) is 0 Å². The van der Waals surface area contributed by atoms with E-state index < -0.39 is 0 Å². The molecule has 1 N–H and O–H groups in total. The van der Waals surface area contributed by atoms with E-state index >= 15 is 0 Å². The van der Waals surface area contributed by atoms with Crippen molar-refractivity contribution in [2.75, 3.05) is 13.2 Å². The Balaban J connectivity index is 1.24. The Labute approximate surface area is 190 Å². The minimum absolute atomic E-state index is 0.0967. The standard InChI is InChI=1S/C28H30N2O2/c1-19(2)29-16-20-11-12-22-17-30(14-13-21(22)15-20)28(31)32-18-27-25-9-5-3-7-23(25)24-8-4-6-10-26(24)27/h3-12,15,19,27,29H,13-14,16-18H2,1-2H3. The third kappa shape index (κ3) is 4.03. The summed E-state index contributed by atoms with van der Waals surface area (Å²) in [6.45, 7) is 6.88. The lowest BCUT2D eigenvalue weighted by Gasteiger charge is -2.29. The van der Waals surface area contributed by atoms with Gasteiger partial charge in [-0.25, -0.2) is 4.79 Å². The molecule has 32 heavy (non-hydrogen) atoms. The molecule has 5 rings (SSSR count). The highest BCUT2D eigenvalue weighted by Crippen LogP contribution is 2.44. The van der Waals surface area contributed by atoms with Gasteiger partial charge >= 0.3 is 6.09 Å². The molecule has 2 aliphatic rings. The molecule has 3 aromatic carbocycles. The van der Waals surface area contributed by atoms with E-state index in [0.717, 1.165) is 13.0 Å². The van der Waals surface area contributed by atoms with E-state index in [4.69, 9.17) is 4.74 Å². The molecule has 0 radical (unpaired) electrons. The predicted molar refractivity (Wildman–Crippen MR) is 128 cm³/mol. The van der Waals surface area contributed by atoms with Crippen LogP contribution < -0.4 is 5.32 Å². The molecule has 1 amide bonds. The molecule has 0 saturated heterocycles. The van der Waals surface area contributed by atoms with Crippen molar-refractivity contribution in [3.8, 4) is 11.1 Å². The number of fused-ring (bicyclic) bond motifs is 4. The maximum absolute atomic E-state index is 12.9. The van der Waals surface area contributed by atoms with Crippen LogP contribution >= 0.6 is 0 Å². The monoisotopic (exact) mass is 426 g/mol. The molecule has 0 saturated carbocycles. The zero-order chi connectivity index (χ0) is 22.1. The SMILES string of the molecule is CC(C)NCc1ccc2c(c1)CCN(C(=O)OCC1c3ccccc3-c3ccccc31)C2. The van der Waals surface area contributed by atoms with Crippen LogP contribution in [0.4, 0.5) is 4.79 Å². The van der Waals surface area contributed by atoms with Crippen molar-refractivity contribution < 1.29 is 9.53 Å². The fraction of sp³-hybridized carbons (Fsp3) is 0.321. The number of hydrogen-bond acceptors (Lipinski definition) is 3. The van der Waals surface area contributed by atoms with E-state index in [9.17, 15) is 4.79 Å². The van der Waals surface area contributed by atoms with Gasteiger partial charge in [-0.05, 0) is 45.4 Å². The molecule has 1 aliphatic heterocycles. The Kier molecular flexibility index (Phi) is 5.71. The smallest absolute Gasteiger partial charge is 0.410 e. The molecule has 4 heteroatoms. The van der Waals surface area contributed by atoms with E-state index in [1.165, 1.54) is 38.9 Å². The second-order valence-corrected chi connectivity index (χ2v) is 9.11. The van der Waals surface area contributed by atoms with Gasteiger partial charge in [-0.15, -0.1) is 0 Å². The van der Waals surface area contributed by atoms with Crippen LogP contribution in [0.15, 0.2) is 66.7 Å².